The number of aromatic amines is 1. The molecule has 0 fully saturated rings. The molecule has 0 bridgehead atoms. The molecule has 1 heterocycles. The Balaban J connectivity index is 2.20. The Bertz CT molecular complexity index is 233. The minimum absolute atomic E-state index is 0.765. The van der Waals surface area contributed by atoms with Gasteiger partial charge >= 0.3 is 0 Å². The maximum absolute atomic E-state index is 4.93. The second kappa shape index (κ2) is 5.78. The molecule has 0 unspecified atom stereocenters. The monoisotopic (exact) mass is 182 g/mol. The molecule has 1 aromatic heterocycles. The van der Waals surface area contributed by atoms with Gasteiger partial charge in [0.15, 0.2) is 0 Å². The Kier molecular flexibility index (Phi) is 4.57. The molecule has 0 aliphatic heterocycles. The van der Waals surface area contributed by atoms with E-state index < -0.39 is 0 Å². The minimum Gasteiger partial charge on any atom is -0.383 e. The highest BCUT2D eigenvalue weighted by Gasteiger charge is 1.95. The van der Waals surface area contributed by atoms with Crippen molar-refractivity contribution < 1.29 is 4.74 Å². The van der Waals surface area contributed by atoms with E-state index in [4.69, 9.17) is 4.74 Å². The molecular weight excluding hydrogens is 164 g/mol. The highest BCUT2D eigenvalue weighted by molar-refractivity contribution is 5.12. The maximum Gasteiger partial charge on any atom is 0.0587 e. The fraction of sp³-hybridized carbons (Fsp3) is 0.600. The second-order valence-corrected chi connectivity index (χ2v) is 3.03. The highest BCUT2D eigenvalue weighted by atomic mass is 16.5. The van der Waals surface area contributed by atoms with E-state index in [1.165, 1.54) is 11.4 Å². The third kappa shape index (κ3) is 3.61. The summed E-state index contributed by atoms with van der Waals surface area (Å²) in [4.78, 5) is 3.34. The summed E-state index contributed by atoms with van der Waals surface area (Å²) >= 11 is 0. The third-order valence-corrected chi connectivity index (χ3v) is 1.99. The normalized spacial score (nSPS) is 10.6. The molecule has 0 radical (unpaired) electrons. The molecule has 3 heteroatoms. The quantitative estimate of drug-likeness (QED) is 0.651. The van der Waals surface area contributed by atoms with Gasteiger partial charge in [-0.2, -0.15) is 0 Å². The number of aromatic nitrogens is 1. The van der Waals surface area contributed by atoms with Crippen LogP contribution in [0, 0.1) is 0 Å². The van der Waals surface area contributed by atoms with Gasteiger partial charge in [-0.05, 0) is 18.6 Å². The summed E-state index contributed by atoms with van der Waals surface area (Å²) in [5.41, 5.74) is 2.54. The number of nitrogens with one attached hydrogen (secondary N) is 2. The second-order valence-electron chi connectivity index (χ2n) is 3.03. The molecule has 3 nitrogen and oxygen atoms in total. The Morgan fingerprint density at radius 1 is 1.38 bits per heavy atom. The SMILES string of the molecule is CCc1ccc(CNCCOC)[nH]1. The molecule has 0 spiro atoms. The van der Waals surface area contributed by atoms with Crippen molar-refractivity contribution >= 4 is 0 Å². The van der Waals surface area contributed by atoms with Gasteiger partial charge in [0, 0.05) is 31.6 Å². The van der Waals surface area contributed by atoms with Gasteiger partial charge < -0.3 is 15.0 Å². The number of H-pyrrole nitrogens is 1. The number of hydrogen-bond acceptors (Lipinski definition) is 2. The predicted octanol–water partition coefficient (Wildman–Crippen LogP) is 1.31. The molecule has 2 N–H and O–H groups in total. The molecule has 0 atom stereocenters. The van der Waals surface area contributed by atoms with Gasteiger partial charge in [0.2, 0.25) is 0 Å². The molecule has 74 valence electrons. The summed E-state index contributed by atoms with van der Waals surface area (Å²) in [5, 5.41) is 3.28. The van der Waals surface area contributed by atoms with E-state index in [-0.39, 0.29) is 0 Å². The minimum atomic E-state index is 0.765. The van der Waals surface area contributed by atoms with Crippen molar-refractivity contribution in [3.05, 3.63) is 23.5 Å². The molecule has 13 heavy (non-hydrogen) atoms. The van der Waals surface area contributed by atoms with E-state index in [9.17, 15) is 0 Å². The summed E-state index contributed by atoms with van der Waals surface area (Å²) in [7, 11) is 1.71. The van der Waals surface area contributed by atoms with E-state index in [0.717, 1.165) is 26.1 Å². The van der Waals surface area contributed by atoms with E-state index in [1.807, 2.05) is 0 Å². The largest absolute Gasteiger partial charge is 0.383 e. The summed E-state index contributed by atoms with van der Waals surface area (Å²) in [6.45, 7) is 4.70. The molecule has 1 rings (SSSR count). The Labute approximate surface area is 79.5 Å². The highest BCUT2D eigenvalue weighted by Crippen LogP contribution is 2.01. The van der Waals surface area contributed by atoms with Crippen LogP contribution in [0.5, 0.6) is 0 Å². The lowest BCUT2D eigenvalue weighted by atomic mass is 10.3. The first-order valence-corrected chi connectivity index (χ1v) is 4.73. The van der Waals surface area contributed by atoms with E-state index in [2.05, 4.69) is 29.4 Å². The van der Waals surface area contributed by atoms with Crippen LogP contribution in [-0.2, 0) is 17.7 Å². The van der Waals surface area contributed by atoms with Crippen molar-refractivity contribution in [2.24, 2.45) is 0 Å². The van der Waals surface area contributed by atoms with Gasteiger partial charge in [-0.25, -0.2) is 0 Å². The lowest BCUT2D eigenvalue weighted by Crippen LogP contribution is -2.18. The summed E-state index contributed by atoms with van der Waals surface area (Å²) < 4.78 is 4.93. The van der Waals surface area contributed by atoms with Gasteiger partial charge in [0.1, 0.15) is 0 Å². The molecule has 0 saturated carbocycles. The predicted molar refractivity (Wildman–Crippen MR) is 53.8 cm³/mol. The number of methoxy groups -OCH3 is 1. The van der Waals surface area contributed by atoms with Crippen LogP contribution >= 0.6 is 0 Å². The van der Waals surface area contributed by atoms with Crippen LogP contribution in [0.1, 0.15) is 18.3 Å². The standard InChI is InChI=1S/C10H18N2O/c1-3-9-4-5-10(12-9)8-11-6-7-13-2/h4-5,11-12H,3,6-8H2,1-2H3. The van der Waals surface area contributed by atoms with Gasteiger partial charge in [-0.1, -0.05) is 6.92 Å². The molecule has 0 aromatic carbocycles. The fourth-order valence-electron chi connectivity index (χ4n) is 1.20. The van der Waals surface area contributed by atoms with Crippen molar-refractivity contribution in [1.29, 1.82) is 0 Å². The van der Waals surface area contributed by atoms with Crippen LogP contribution < -0.4 is 5.32 Å². The molecule has 0 saturated heterocycles. The van der Waals surface area contributed by atoms with E-state index >= 15 is 0 Å². The Morgan fingerprint density at radius 3 is 2.77 bits per heavy atom. The smallest absolute Gasteiger partial charge is 0.0587 e. The molecule has 0 amide bonds. The van der Waals surface area contributed by atoms with Gasteiger partial charge in [-0.3, -0.25) is 0 Å². The third-order valence-electron chi connectivity index (χ3n) is 1.99. The van der Waals surface area contributed by atoms with Crippen LogP contribution in [-0.4, -0.2) is 25.2 Å². The van der Waals surface area contributed by atoms with Gasteiger partial charge in [0.25, 0.3) is 0 Å². The topological polar surface area (TPSA) is 37.0 Å². The zero-order valence-electron chi connectivity index (χ0n) is 8.39. The molecule has 1 aromatic rings. The maximum atomic E-state index is 4.93. The lowest BCUT2D eigenvalue weighted by molar-refractivity contribution is 0.199. The van der Waals surface area contributed by atoms with Crippen LogP contribution in [0.4, 0.5) is 0 Å². The van der Waals surface area contributed by atoms with E-state index in [0.29, 0.717) is 0 Å². The first-order valence-electron chi connectivity index (χ1n) is 4.73. The first kappa shape index (κ1) is 10.3. The van der Waals surface area contributed by atoms with Crippen LogP contribution in [0.2, 0.25) is 0 Å². The summed E-state index contributed by atoms with van der Waals surface area (Å²) in [6, 6.07) is 4.26. The molecule has 0 aliphatic carbocycles. The summed E-state index contributed by atoms with van der Waals surface area (Å²) in [6.07, 6.45) is 1.07. The van der Waals surface area contributed by atoms with Crippen molar-refractivity contribution in [3.63, 3.8) is 0 Å². The van der Waals surface area contributed by atoms with Crippen molar-refractivity contribution in [3.8, 4) is 0 Å². The Hall–Kier alpha value is -0.800. The summed E-state index contributed by atoms with van der Waals surface area (Å²) in [5.74, 6) is 0. The van der Waals surface area contributed by atoms with Crippen LogP contribution in [0.15, 0.2) is 12.1 Å². The van der Waals surface area contributed by atoms with Crippen molar-refractivity contribution in [1.82, 2.24) is 10.3 Å². The van der Waals surface area contributed by atoms with E-state index in [1.54, 1.807) is 7.11 Å². The lowest BCUT2D eigenvalue weighted by Gasteiger charge is -2.01. The van der Waals surface area contributed by atoms with Crippen molar-refractivity contribution in [2.75, 3.05) is 20.3 Å². The Morgan fingerprint density at radius 2 is 2.15 bits per heavy atom. The molecule has 0 aliphatic rings. The first-order chi connectivity index (χ1) is 6.36. The zero-order valence-corrected chi connectivity index (χ0v) is 8.39. The average Bonchev–Trinajstić information content (AvgIpc) is 2.60. The van der Waals surface area contributed by atoms with Gasteiger partial charge in [0.05, 0.1) is 6.61 Å². The number of aryl methyl sites for hydroxylation is 1. The zero-order chi connectivity index (χ0) is 9.52. The average molecular weight is 182 g/mol. The number of hydrogen-bond donors (Lipinski definition) is 2. The van der Waals surface area contributed by atoms with Gasteiger partial charge in [-0.15, -0.1) is 0 Å². The molecular formula is C10H18N2O. The van der Waals surface area contributed by atoms with Crippen LogP contribution in [0.3, 0.4) is 0 Å². The van der Waals surface area contributed by atoms with Crippen LogP contribution in [0.25, 0.3) is 0 Å². The number of ether oxygens (including phenoxy) is 1. The number of rotatable bonds is 6. The van der Waals surface area contributed by atoms with Crippen molar-refractivity contribution in [2.45, 2.75) is 19.9 Å². The fourth-order valence-corrected chi connectivity index (χ4v) is 1.20.